The molecule has 1 N–H and O–H groups in total. The van der Waals surface area contributed by atoms with E-state index in [0.717, 1.165) is 43.9 Å². The Morgan fingerprint density at radius 1 is 1.11 bits per heavy atom. The van der Waals surface area contributed by atoms with E-state index < -0.39 is 7.12 Å². The average Bonchev–Trinajstić information content (AvgIpc) is 3.43. The average molecular weight is 388 g/mol. The van der Waals surface area contributed by atoms with Crippen molar-refractivity contribution in [3.63, 3.8) is 0 Å². The Bertz CT molecular complexity index is 663. The molecule has 3 aliphatic rings. The maximum Gasteiger partial charge on any atom is 0.498 e. The highest BCUT2D eigenvalue weighted by molar-refractivity contribution is 6.61. The minimum Gasteiger partial charge on any atom is -0.399 e. The number of aromatic nitrogens is 2. The van der Waals surface area contributed by atoms with Gasteiger partial charge in [-0.05, 0) is 59.9 Å². The highest BCUT2D eigenvalue weighted by Crippen LogP contribution is 2.37. The van der Waals surface area contributed by atoms with Gasteiger partial charge in [-0.3, -0.25) is 4.90 Å². The minimum atomic E-state index is -0.428. The molecule has 28 heavy (non-hydrogen) atoms. The maximum absolute atomic E-state index is 9.29. The van der Waals surface area contributed by atoms with Gasteiger partial charge in [0.25, 0.3) is 0 Å². The predicted molar refractivity (Wildman–Crippen MR) is 110 cm³/mol. The summed E-state index contributed by atoms with van der Waals surface area (Å²) in [6.45, 7) is 11.2. The molecule has 3 heterocycles. The van der Waals surface area contributed by atoms with Crippen molar-refractivity contribution in [1.29, 1.82) is 0 Å². The molecule has 0 unspecified atom stereocenters. The van der Waals surface area contributed by atoms with Crippen LogP contribution in [0, 0.1) is 0 Å². The van der Waals surface area contributed by atoms with Crippen LogP contribution >= 0.6 is 0 Å². The SMILES string of the molecule is CC1(C)OB(c2cnc(N(C3CC3)[C@H]3CCCN(CCO)C3)nc2)OC1(C)C. The predicted octanol–water partition coefficient (Wildman–Crippen LogP) is 1.20. The van der Waals surface area contributed by atoms with Gasteiger partial charge in [-0.15, -0.1) is 0 Å². The Balaban J connectivity index is 1.49. The summed E-state index contributed by atoms with van der Waals surface area (Å²) in [5, 5.41) is 9.29. The molecule has 8 heteroatoms. The van der Waals surface area contributed by atoms with Crippen molar-refractivity contribution in [2.75, 3.05) is 31.1 Å². The molecule has 1 saturated carbocycles. The number of rotatable bonds is 6. The minimum absolute atomic E-state index is 0.218. The normalized spacial score (nSPS) is 27.2. The Hall–Kier alpha value is -1.22. The zero-order chi connectivity index (χ0) is 19.9. The monoisotopic (exact) mass is 388 g/mol. The van der Waals surface area contributed by atoms with Gasteiger partial charge in [0.2, 0.25) is 5.95 Å². The molecular formula is C20H33BN4O3. The fourth-order valence-electron chi connectivity index (χ4n) is 4.15. The van der Waals surface area contributed by atoms with Crippen molar-refractivity contribution in [3.05, 3.63) is 12.4 Å². The van der Waals surface area contributed by atoms with Gasteiger partial charge in [0.15, 0.2) is 0 Å². The van der Waals surface area contributed by atoms with Crippen LogP contribution in [0.5, 0.6) is 0 Å². The van der Waals surface area contributed by atoms with Crippen LogP contribution in [0.25, 0.3) is 0 Å². The van der Waals surface area contributed by atoms with Gasteiger partial charge in [0.1, 0.15) is 0 Å². The highest BCUT2D eigenvalue weighted by atomic mass is 16.7. The summed E-state index contributed by atoms with van der Waals surface area (Å²) in [7, 11) is -0.428. The lowest BCUT2D eigenvalue weighted by Gasteiger charge is -2.39. The van der Waals surface area contributed by atoms with Crippen molar-refractivity contribution in [2.24, 2.45) is 0 Å². The summed E-state index contributed by atoms with van der Waals surface area (Å²) >= 11 is 0. The number of aliphatic hydroxyl groups excluding tert-OH is 1. The summed E-state index contributed by atoms with van der Waals surface area (Å²) in [4.78, 5) is 14.2. The molecule has 7 nitrogen and oxygen atoms in total. The highest BCUT2D eigenvalue weighted by Gasteiger charge is 2.52. The summed E-state index contributed by atoms with van der Waals surface area (Å²) in [6, 6.07) is 0.956. The Kier molecular flexibility index (Phi) is 5.42. The Morgan fingerprint density at radius 3 is 2.32 bits per heavy atom. The van der Waals surface area contributed by atoms with Crippen molar-refractivity contribution >= 4 is 18.5 Å². The first-order chi connectivity index (χ1) is 13.3. The van der Waals surface area contributed by atoms with Gasteiger partial charge in [-0.25, -0.2) is 9.97 Å². The zero-order valence-electron chi connectivity index (χ0n) is 17.6. The molecule has 1 atom stereocenters. The van der Waals surface area contributed by atoms with E-state index >= 15 is 0 Å². The fourth-order valence-corrected chi connectivity index (χ4v) is 4.15. The number of hydrogen-bond donors (Lipinski definition) is 1. The lowest BCUT2D eigenvalue weighted by Crippen LogP contribution is -2.50. The van der Waals surface area contributed by atoms with Crippen LogP contribution in [0.1, 0.15) is 53.4 Å². The smallest absolute Gasteiger partial charge is 0.399 e. The molecule has 4 rings (SSSR count). The maximum atomic E-state index is 9.29. The first-order valence-electron chi connectivity index (χ1n) is 10.6. The lowest BCUT2D eigenvalue weighted by atomic mass is 9.81. The summed E-state index contributed by atoms with van der Waals surface area (Å²) in [5.74, 6) is 0.804. The first kappa shape index (κ1) is 20.1. The van der Waals surface area contributed by atoms with Crippen molar-refractivity contribution in [2.45, 2.75) is 76.7 Å². The number of piperidine rings is 1. The van der Waals surface area contributed by atoms with Crippen LogP contribution in [0.15, 0.2) is 12.4 Å². The van der Waals surface area contributed by atoms with Gasteiger partial charge >= 0.3 is 7.12 Å². The molecule has 154 valence electrons. The van der Waals surface area contributed by atoms with Crippen LogP contribution in [0.4, 0.5) is 5.95 Å². The van der Waals surface area contributed by atoms with E-state index in [1.165, 1.54) is 12.8 Å². The van der Waals surface area contributed by atoms with Gasteiger partial charge in [-0.2, -0.15) is 0 Å². The topological polar surface area (TPSA) is 71.0 Å². The molecule has 0 amide bonds. The van der Waals surface area contributed by atoms with E-state index in [0.29, 0.717) is 12.1 Å². The second-order valence-corrected chi connectivity index (χ2v) is 9.36. The van der Waals surface area contributed by atoms with E-state index in [1.54, 1.807) is 0 Å². The molecule has 1 aliphatic carbocycles. The molecule has 2 saturated heterocycles. The molecule has 0 spiro atoms. The largest absolute Gasteiger partial charge is 0.498 e. The molecule has 3 fully saturated rings. The van der Waals surface area contributed by atoms with Gasteiger partial charge in [0, 0.05) is 43.0 Å². The lowest BCUT2D eigenvalue weighted by molar-refractivity contribution is 0.00578. The van der Waals surface area contributed by atoms with Crippen LogP contribution in [0.2, 0.25) is 0 Å². The summed E-state index contributed by atoms with van der Waals surface area (Å²) in [6.07, 6.45) is 8.43. The van der Waals surface area contributed by atoms with E-state index in [4.69, 9.17) is 19.3 Å². The third-order valence-corrected chi connectivity index (χ3v) is 6.65. The van der Waals surface area contributed by atoms with E-state index in [9.17, 15) is 5.11 Å². The second kappa shape index (κ2) is 7.56. The number of aliphatic hydroxyl groups is 1. The molecule has 1 aromatic heterocycles. The quantitative estimate of drug-likeness (QED) is 0.735. The number of likely N-dealkylation sites (tertiary alicyclic amines) is 1. The summed E-state index contributed by atoms with van der Waals surface area (Å²) < 4.78 is 12.2. The van der Waals surface area contributed by atoms with Crippen LogP contribution in [0.3, 0.4) is 0 Å². The molecular weight excluding hydrogens is 355 g/mol. The van der Waals surface area contributed by atoms with Crippen LogP contribution < -0.4 is 10.4 Å². The molecule has 2 aliphatic heterocycles. The number of hydrogen-bond acceptors (Lipinski definition) is 7. The zero-order valence-corrected chi connectivity index (χ0v) is 17.6. The number of anilines is 1. The standard InChI is InChI=1S/C20H33BN4O3/c1-19(2)20(3,4)28-21(27-19)15-12-22-18(23-13-15)25(16-7-8-16)17-6-5-9-24(14-17)10-11-26/h12-13,16-17,26H,5-11,14H2,1-4H3/t17-/m0/s1. The van der Waals surface area contributed by atoms with E-state index in [2.05, 4.69) is 37.5 Å². The van der Waals surface area contributed by atoms with Gasteiger partial charge in [-0.1, -0.05) is 0 Å². The van der Waals surface area contributed by atoms with E-state index in [1.807, 2.05) is 12.4 Å². The molecule has 0 aromatic carbocycles. The third-order valence-electron chi connectivity index (χ3n) is 6.65. The van der Waals surface area contributed by atoms with Gasteiger partial charge in [0.05, 0.1) is 17.8 Å². The first-order valence-corrected chi connectivity index (χ1v) is 10.6. The van der Waals surface area contributed by atoms with Crippen LogP contribution in [-0.4, -0.2) is 76.6 Å². The molecule has 0 radical (unpaired) electrons. The molecule has 1 aromatic rings. The Labute approximate surface area is 168 Å². The third kappa shape index (κ3) is 3.92. The Morgan fingerprint density at radius 2 is 1.75 bits per heavy atom. The van der Waals surface area contributed by atoms with Gasteiger partial charge < -0.3 is 19.3 Å². The fraction of sp³-hybridized carbons (Fsp3) is 0.800. The van der Waals surface area contributed by atoms with Crippen molar-refractivity contribution in [3.8, 4) is 0 Å². The summed E-state index contributed by atoms with van der Waals surface area (Å²) in [5.41, 5.74) is 0.132. The van der Waals surface area contributed by atoms with Crippen molar-refractivity contribution < 1.29 is 14.4 Å². The second-order valence-electron chi connectivity index (χ2n) is 9.36. The van der Waals surface area contributed by atoms with Crippen molar-refractivity contribution in [1.82, 2.24) is 14.9 Å². The number of nitrogens with zero attached hydrogens (tertiary/aromatic N) is 4. The van der Waals surface area contributed by atoms with E-state index in [-0.39, 0.29) is 17.8 Å². The number of β-amino-alcohol motifs (C(OH)–C–C–N with tert-alkyl or cyclic N) is 1. The van der Waals surface area contributed by atoms with Crippen LogP contribution in [-0.2, 0) is 9.31 Å². The molecule has 0 bridgehead atoms.